The zero-order valence-corrected chi connectivity index (χ0v) is 12.5. The van der Waals surface area contributed by atoms with Crippen molar-refractivity contribution >= 4 is 23.6 Å². The van der Waals surface area contributed by atoms with Crippen molar-refractivity contribution in [1.29, 1.82) is 0 Å². The molecule has 0 saturated heterocycles. The quantitative estimate of drug-likeness (QED) is 0.652. The summed E-state index contributed by atoms with van der Waals surface area (Å²) >= 11 is 0. The van der Waals surface area contributed by atoms with Crippen molar-refractivity contribution in [3.05, 3.63) is 77.9 Å². The normalized spacial score (nSPS) is 15.8. The number of rotatable bonds is 3. The number of hydrogen-bond acceptors (Lipinski definition) is 1. The maximum absolute atomic E-state index is 4.58. The lowest BCUT2D eigenvalue weighted by Crippen LogP contribution is -2.09. The van der Waals surface area contributed by atoms with Crippen molar-refractivity contribution in [3.8, 4) is 0 Å². The van der Waals surface area contributed by atoms with E-state index in [9.17, 15) is 0 Å². The molecule has 0 atom stereocenters. The molecule has 0 amide bonds. The van der Waals surface area contributed by atoms with Crippen LogP contribution in [-0.2, 0) is 0 Å². The van der Waals surface area contributed by atoms with Gasteiger partial charge in [-0.25, -0.2) is 0 Å². The zero-order chi connectivity index (χ0) is 14.7. The van der Waals surface area contributed by atoms with Crippen LogP contribution in [-0.4, -0.2) is 6.21 Å². The minimum Gasteiger partial charge on any atom is -0.260 e. The van der Waals surface area contributed by atoms with Crippen molar-refractivity contribution in [1.82, 2.24) is 0 Å². The predicted molar refractivity (Wildman–Crippen MR) is 91.8 cm³/mol. The summed E-state index contributed by atoms with van der Waals surface area (Å²) in [7, 11) is 0. The minimum absolute atomic E-state index is 0.0903. The largest absolute Gasteiger partial charge is 0.260 e. The van der Waals surface area contributed by atoms with Crippen LogP contribution in [0.25, 0.3) is 11.6 Å². The maximum Gasteiger partial charge on any atom is 0.0626 e. The highest BCUT2D eigenvalue weighted by atomic mass is 14.7. The van der Waals surface area contributed by atoms with E-state index in [1.807, 2.05) is 36.5 Å². The standard InChI is InChI=1S/C20H19N/c1-20(2,15-21-18-9-4-3-5-10-18)14-17-13-12-16-8-6-7-11-19(16)17/h3-15H,1-2H3/b17-14-,21-15?. The van der Waals surface area contributed by atoms with Gasteiger partial charge in [0.05, 0.1) is 5.69 Å². The molecule has 1 aliphatic carbocycles. The lowest BCUT2D eigenvalue weighted by molar-refractivity contribution is 0.696. The summed E-state index contributed by atoms with van der Waals surface area (Å²) in [4.78, 5) is 4.58. The number of nitrogens with zero attached hydrogens (tertiary/aromatic N) is 1. The second-order valence-corrected chi connectivity index (χ2v) is 5.94. The minimum atomic E-state index is -0.0903. The van der Waals surface area contributed by atoms with Crippen molar-refractivity contribution in [2.45, 2.75) is 13.8 Å². The summed E-state index contributed by atoms with van der Waals surface area (Å²) in [6, 6.07) is 18.5. The van der Waals surface area contributed by atoms with E-state index in [2.05, 4.69) is 61.3 Å². The fourth-order valence-electron chi connectivity index (χ4n) is 2.49. The van der Waals surface area contributed by atoms with E-state index in [0.29, 0.717) is 0 Å². The van der Waals surface area contributed by atoms with E-state index < -0.39 is 0 Å². The summed E-state index contributed by atoms with van der Waals surface area (Å²) in [5.74, 6) is 0. The highest BCUT2D eigenvalue weighted by Crippen LogP contribution is 2.32. The first kappa shape index (κ1) is 13.6. The van der Waals surface area contributed by atoms with Crippen molar-refractivity contribution in [2.24, 2.45) is 10.4 Å². The van der Waals surface area contributed by atoms with Gasteiger partial charge in [-0.05, 0) is 28.8 Å². The van der Waals surface area contributed by atoms with E-state index in [1.165, 1.54) is 16.7 Å². The molecule has 1 heteroatoms. The molecule has 1 nitrogen and oxygen atoms in total. The molecule has 3 rings (SSSR count). The highest BCUT2D eigenvalue weighted by Gasteiger charge is 2.16. The van der Waals surface area contributed by atoms with Gasteiger partial charge < -0.3 is 0 Å². The lowest BCUT2D eigenvalue weighted by atomic mass is 9.90. The van der Waals surface area contributed by atoms with Crippen LogP contribution in [0.2, 0.25) is 0 Å². The van der Waals surface area contributed by atoms with E-state index in [1.54, 1.807) is 0 Å². The van der Waals surface area contributed by atoms with Gasteiger partial charge in [-0.15, -0.1) is 0 Å². The fraction of sp³-hybridized carbons (Fsp3) is 0.150. The Bertz CT molecular complexity index is 719. The molecule has 2 aromatic carbocycles. The first-order chi connectivity index (χ1) is 10.1. The molecule has 21 heavy (non-hydrogen) atoms. The average Bonchev–Trinajstić information content (AvgIpc) is 2.89. The molecule has 0 radical (unpaired) electrons. The topological polar surface area (TPSA) is 12.4 Å². The SMILES string of the molecule is CC(C)(C=Nc1ccccc1)/C=C1/C=Cc2ccccc21. The van der Waals surface area contributed by atoms with Crippen LogP contribution in [0.15, 0.2) is 71.7 Å². The molecule has 104 valence electrons. The number of benzene rings is 2. The van der Waals surface area contributed by atoms with Gasteiger partial charge >= 0.3 is 0 Å². The van der Waals surface area contributed by atoms with Crippen LogP contribution in [0.3, 0.4) is 0 Å². The number of aliphatic imine (C=N–C) groups is 1. The molecule has 0 N–H and O–H groups in total. The first-order valence-electron chi connectivity index (χ1n) is 7.25. The van der Waals surface area contributed by atoms with Gasteiger partial charge in [-0.1, -0.05) is 74.5 Å². The van der Waals surface area contributed by atoms with Crippen molar-refractivity contribution in [3.63, 3.8) is 0 Å². The molecule has 0 heterocycles. The molecule has 0 saturated carbocycles. The van der Waals surface area contributed by atoms with Gasteiger partial charge in [-0.2, -0.15) is 0 Å². The maximum atomic E-state index is 4.58. The van der Waals surface area contributed by atoms with E-state index >= 15 is 0 Å². The van der Waals surface area contributed by atoms with Gasteiger partial charge in [0.2, 0.25) is 0 Å². The number of para-hydroxylation sites is 1. The Labute approximate surface area is 126 Å². The Balaban J connectivity index is 1.85. The average molecular weight is 273 g/mol. The summed E-state index contributed by atoms with van der Waals surface area (Å²) in [6.07, 6.45) is 8.65. The highest BCUT2D eigenvalue weighted by molar-refractivity contribution is 5.91. The van der Waals surface area contributed by atoms with Gasteiger partial charge in [0.1, 0.15) is 0 Å². The third kappa shape index (κ3) is 3.19. The monoisotopic (exact) mass is 273 g/mol. The van der Waals surface area contributed by atoms with Gasteiger partial charge in [0.15, 0.2) is 0 Å². The first-order valence-corrected chi connectivity index (χ1v) is 7.25. The second-order valence-electron chi connectivity index (χ2n) is 5.94. The lowest BCUT2D eigenvalue weighted by Gasteiger charge is -2.15. The van der Waals surface area contributed by atoms with Crippen LogP contribution in [0.4, 0.5) is 5.69 Å². The van der Waals surface area contributed by atoms with Crippen LogP contribution in [0.5, 0.6) is 0 Å². The molecule has 0 fully saturated rings. The molecular weight excluding hydrogens is 254 g/mol. The Hall–Kier alpha value is -2.41. The zero-order valence-electron chi connectivity index (χ0n) is 12.5. The predicted octanol–water partition coefficient (Wildman–Crippen LogP) is 5.53. The molecule has 1 aliphatic rings. The smallest absolute Gasteiger partial charge is 0.0626 e. The van der Waals surface area contributed by atoms with Gasteiger partial charge in [0.25, 0.3) is 0 Å². The van der Waals surface area contributed by atoms with E-state index in [0.717, 1.165) is 5.69 Å². The van der Waals surface area contributed by atoms with Gasteiger partial charge in [0, 0.05) is 11.6 Å². The second kappa shape index (κ2) is 5.53. The van der Waals surface area contributed by atoms with Crippen molar-refractivity contribution < 1.29 is 0 Å². The number of allylic oxidation sites excluding steroid dienone is 3. The molecule has 0 unspecified atom stereocenters. The Morgan fingerprint density at radius 1 is 0.857 bits per heavy atom. The van der Waals surface area contributed by atoms with Crippen LogP contribution < -0.4 is 0 Å². The molecule has 0 aliphatic heterocycles. The third-order valence-electron chi connectivity index (χ3n) is 3.54. The van der Waals surface area contributed by atoms with Crippen molar-refractivity contribution in [2.75, 3.05) is 0 Å². The van der Waals surface area contributed by atoms with Crippen LogP contribution >= 0.6 is 0 Å². The summed E-state index contributed by atoms with van der Waals surface area (Å²) < 4.78 is 0. The molecule has 2 aromatic rings. The molecule has 0 aromatic heterocycles. The summed E-state index contributed by atoms with van der Waals surface area (Å²) in [5, 5.41) is 0. The number of fused-ring (bicyclic) bond motifs is 1. The van der Waals surface area contributed by atoms with Crippen LogP contribution in [0, 0.1) is 5.41 Å². The number of hydrogen-bond donors (Lipinski definition) is 0. The molecule has 0 bridgehead atoms. The van der Waals surface area contributed by atoms with Crippen LogP contribution in [0.1, 0.15) is 25.0 Å². The van der Waals surface area contributed by atoms with E-state index in [-0.39, 0.29) is 5.41 Å². The summed E-state index contributed by atoms with van der Waals surface area (Å²) in [5.41, 5.74) is 4.77. The van der Waals surface area contributed by atoms with E-state index in [4.69, 9.17) is 0 Å². The molecular formula is C20H19N. The Morgan fingerprint density at radius 2 is 1.57 bits per heavy atom. The third-order valence-corrected chi connectivity index (χ3v) is 3.54. The summed E-state index contributed by atoms with van der Waals surface area (Å²) in [6.45, 7) is 4.36. The Morgan fingerprint density at radius 3 is 2.38 bits per heavy atom. The molecule has 0 spiro atoms. The van der Waals surface area contributed by atoms with Gasteiger partial charge in [-0.3, -0.25) is 4.99 Å². The fourth-order valence-corrected chi connectivity index (χ4v) is 2.49. The Kier molecular flexibility index (Phi) is 3.57.